The van der Waals surface area contributed by atoms with Crippen LogP contribution in [-0.2, 0) is 0 Å². The van der Waals surface area contributed by atoms with Crippen LogP contribution in [0, 0.1) is 0 Å². The molecule has 0 saturated heterocycles. The molecule has 6 heteroatoms. The summed E-state index contributed by atoms with van der Waals surface area (Å²) in [5.41, 5.74) is 0. The second kappa shape index (κ2) is 5.04. The molecule has 3 nitrogen and oxygen atoms in total. The molecular formula is C6H10BrN3S2. The van der Waals surface area contributed by atoms with E-state index in [4.69, 9.17) is 0 Å². The van der Waals surface area contributed by atoms with Gasteiger partial charge in [-0.2, -0.15) is 11.8 Å². The first-order chi connectivity index (χ1) is 5.72. The molecule has 0 fully saturated rings. The molecule has 1 aromatic rings. The molecule has 1 heterocycles. The van der Waals surface area contributed by atoms with Crippen LogP contribution in [0.25, 0.3) is 0 Å². The summed E-state index contributed by atoms with van der Waals surface area (Å²) in [5.74, 6) is 0. The fraction of sp³-hybridized carbons (Fsp3) is 0.667. The van der Waals surface area contributed by atoms with Crippen LogP contribution in [0.2, 0.25) is 0 Å². The van der Waals surface area contributed by atoms with E-state index < -0.39 is 0 Å². The van der Waals surface area contributed by atoms with Crippen molar-refractivity contribution in [2.45, 2.75) is 12.2 Å². The van der Waals surface area contributed by atoms with Crippen molar-refractivity contribution in [2.75, 3.05) is 18.1 Å². The minimum atomic E-state index is 0.604. The van der Waals surface area contributed by atoms with Gasteiger partial charge < -0.3 is 5.32 Å². The molecule has 0 aliphatic rings. The van der Waals surface area contributed by atoms with Crippen LogP contribution in [0.1, 0.15) is 6.92 Å². The molecule has 68 valence electrons. The third kappa shape index (κ3) is 3.28. The summed E-state index contributed by atoms with van der Waals surface area (Å²) < 4.78 is 0.821. The number of anilines is 1. The van der Waals surface area contributed by atoms with Gasteiger partial charge in [-0.15, -0.1) is 10.2 Å². The van der Waals surface area contributed by atoms with E-state index in [1.807, 2.05) is 11.8 Å². The highest BCUT2D eigenvalue weighted by Gasteiger charge is 2.02. The molecule has 1 atom stereocenters. The van der Waals surface area contributed by atoms with Crippen molar-refractivity contribution < 1.29 is 0 Å². The van der Waals surface area contributed by atoms with E-state index >= 15 is 0 Å². The molecule has 12 heavy (non-hydrogen) atoms. The smallest absolute Gasteiger partial charge is 0.206 e. The number of halogens is 1. The lowest BCUT2D eigenvalue weighted by Crippen LogP contribution is -2.12. The van der Waals surface area contributed by atoms with Gasteiger partial charge >= 0.3 is 0 Å². The van der Waals surface area contributed by atoms with Gasteiger partial charge in [0.15, 0.2) is 3.92 Å². The van der Waals surface area contributed by atoms with E-state index in [1.54, 1.807) is 0 Å². The number of thioether (sulfide) groups is 1. The first-order valence-corrected chi connectivity index (χ1v) is 6.37. The maximum Gasteiger partial charge on any atom is 0.206 e. The molecule has 0 aliphatic carbocycles. The summed E-state index contributed by atoms with van der Waals surface area (Å²) in [5, 5.41) is 12.5. The van der Waals surface area contributed by atoms with Crippen LogP contribution < -0.4 is 5.32 Å². The molecule has 1 unspecified atom stereocenters. The van der Waals surface area contributed by atoms with Gasteiger partial charge in [-0.05, 0) is 22.2 Å². The number of hydrogen-bond acceptors (Lipinski definition) is 5. The topological polar surface area (TPSA) is 37.8 Å². The molecule has 1 aromatic heterocycles. The second-order valence-corrected chi connectivity index (χ2v) is 5.82. The van der Waals surface area contributed by atoms with Crippen LogP contribution in [-0.4, -0.2) is 28.2 Å². The molecule has 1 rings (SSSR count). The van der Waals surface area contributed by atoms with E-state index in [-0.39, 0.29) is 0 Å². The number of nitrogens with one attached hydrogen (secondary N) is 1. The van der Waals surface area contributed by atoms with E-state index in [2.05, 4.69) is 44.6 Å². The zero-order chi connectivity index (χ0) is 8.97. The lowest BCUT2D eigenvalue weighted by molar-refractivity contribution is 0.980. The third-order valence-corrected chi connectivity index (χ3v) is 3.63. The molecule has 0 aliphatic heterocycles. The largest absolute Gasteiger partial charge is 0.359 e. The summed E-state index contributed by atoms with van der Waals surface area (Å²) in [7, 11) is 0. The highest BCUT2D eigenvalue weighted by Crippen LogP contribution is 2.20. The number of nitrogens with zero attached hydrogens (tertiary/aromatic N) is 2. The fourth-order valence-corrected chi connectivity index (χ4v) is 1.86. The van der Waals surface area contributed by atoms with Crippen LogP contribution in [0.15, 0.2) is 3.92 Å². The lowest BCUT2D eigenvalue weighted by Gasteiger charge is -2.07. The Kier molecular flexibility index (Phi) is 4.31. The van der Waals surface area contributed by atoms with Gasteiger partial charge in [0.25, 0.3) is 0 Å². The zero-order valence-corrected chi connectivity index (χ0v) is 10.1. The number of rotatable bonds is 4. The Morgan fingerprint density at radius 2 is 2.42 bits per heavy atom. The van der Waals surface area contributed by atoms with Crippen molar-refractivity contribution >= 4 is 44.2 Å². The van der Waals surface area contributed by atoms with Crippen molar-refractivity contribution in [3.8, 4) is 0 Å². The monoisotopic (exact) mass is 267 g/mol. The molecule has 0 saturated carbocycles. The zero-order valence-electron chi connectivity index (χ0n) is 6.87. The van der Waals surface area contributed by atoms with Crippen LogP contribution in [0.3, 0.4) is 0 Å². The Balaban J connectivity index is 2.33. The Bertz CT molecular complexity index is 240. The van der Waals surface area contributed by atoms with E-state index in [0.29, 0.717) is 5.25 Å². The standard InChI is InChI=1S/C6H10BrN3S2/c1-4(11-2)3-8-6-10-9-5(7)12-6/h4H,3H2,1-2H3,(H,8,10). The molecule has 0 radical (unpaired) electrons. The summed E-state index contributed by atoms with van der Waals surface area (Å²) in [4.78, 5) is 0. The highest BCUT2D eigenvalue weighted by atomic mass is 79.9. The maximum absolute atomic E-state index is 3.92. The number of aromatic nitrogens is 2. The van der Waals surface area contributed by atoms with E-state index in [9.17, 15) is 0 Å². The minimum absolute atomic E-state index is 0.604. The van der Waals surface area contributed by atoms with Gasteiger partial charge in [0, 0.05) is 11.8 Å². The molecule has 0 aromatic carbocycles. The first-order valence-electron chi connectivity index (χ1n) is 3.48. The van der Waals surface area contributed by atoms with Crippen molar-refractivity contribution in [1.82, 2.24) is 10.2 Å². The molecule has 0 spiro atoms. The second-order valence-electron chi connectivity index (χ2n) is 2.29. The first kappa shape index (κ1) is 10.3. The van der Waals surface area contributed by atoms with Gasteiger partial charge in [0.1, 0.15) is 0 Å². The van der Waals surface area contributed by atoms with E-state index in [0.717, 1.165) is 15.6 Å². The van der Waals surface area contributed by atoms with Crippen LogP contribution in [0.4, 0.5) is 5.13 Å². The van der Waals surface area contributed by atoms with Gasteiger partial charge in [0.2, 0.25) is 5.13 Å². The maximum atomic E-state index is 3.92. The molecule has 0 bridgehead atoms. The summed E-state index contributed by atoms with van der Waals surface area (Å²) in [6.45, 7) is 3.11. The summed E-state index contributed by atoms with van der Waals surface area (Å²) in [6, 6.07) is 0. The molecular weight excluding hydrogens is 258 g/mol. The van der Waals surface area contributed by atoms with Crippen LogP contribution >= 0.6 is 39.0 Å². The normalized spacial score (nSPS) is 12.9. The lowest BCUT2D eigenvalue weighted by atomic mass is 10.5. The van der Waals surface area contributed by atoms with Gasteiger partial charge in [0.05, 0.1) is 0 Å². The van der Waals surface area contributed by atoms with Crippen molar-refractivity contribution in [1.29, 1.82) is 0 Å². The van der Waals surface area contributed by atoms with Gasteiger partial charge in [-0.25, -0.2) is 0 Å². The fourth-order valence-electron chi connectivity index (χ4n) is 0.591. The predicted molar refractivity (Wildman–Crippen MR) is 59.1 cm³/mol. The predicted octanol–water partition coefficient (Wildman–Crippen LogP) is 2.46. The summed E-state index contributed by atoms with van der Waals surface area (Å²) >= 11 is 6.60. The molecule has 0 amide bonds. The number of hydrogen-bond donors (Lipinski definition) is 1. The van der Waals surface area contributed by atoms with Crippen molar-refractivity contribution in [3.05, 3.63) is 3.92 Å². The highest BCUT2D eigenvalue weighted by molar-refractivity contribution is 9.11. The summed E-state index contributed by atoms with van der Waals surface area (Å²) in [6.07, 6.45) is 2.10. The van der Waals surface area contributed by atoms with Gasteiger partial charge in [-0.1, -0.05) is 18.3 Å². The SMILES string of the molecule is CSC(C)CNc1nnc(Br)s1. The van der Waals surface area contributed by atoms with Crippen molar-refractivity contribution in [3.63, 3.8) is 0 Å². The Morgan fingerprint density at radius 1 is 1.67 bits per heavy atom. The molecule has 1 N–H and O–H groups in total. The average molecular weight is 268 g/mol. The third-order valence-electron chi connectivity index (χ3n) is 1.34. The van der Waals surface area contributed by atoms with Gasteiger partial charge in [-0.3, -0.25) is 0 Å². The Labute approximate surface area is 88.5 Å². The average Bonchev–Trinajstić information content (AvgIpc) is 2.47. The van der Waals surface area contributed by atoms with E-state index in [1.165, 1.54) is 11.3 Å². The van der Waals surface area contributed by atoms with Crippen molar-refractivity contribution in [2.24, 2.45) is 0 Å². The Hall–Kier alpha value is 0.190. The Morgan fingerprint density at radius 3 is 2.92 bits per heavy atom. The van der Waals surface area contributed by atoms with Crippen LogP contribution in [0.5, 0.6) is 0 Å². The quantitative estimate of drug-likeness (QED) is 0.910. The minimum Gasteiger partial charge on any atom is -0.359 e.